The molecule has 0 heterocycles. The van der Waals surface area contributed by atoms with Crippen molar-refractivity contribution in [3.63, 3.8) is 0 Å². The van der Waals surface area contributed by atoms with Gasteiger partial charge in [0.25, 0.3) is 0 Å². The van der Waals surface area contributed by atoms with Crippen molar-refractivity contribution in [2.24, 2.45) is 0 Å². The Hall–Kier alpha value is -1.87. The van der Waals surface area contributed by atoms with E-state index in [1.807, 2.05) is 55.5 Å². The van der Waals surface area contributed by atoms with Gasteiger partial charge in [-0.3, -0.25) is 4.79 Å². The molecule has 0 fully saturated rings. The topological polar surface area (TPSA) is 29.1 Å². The van der Waals surface area contributed by atoms with Crippen LogP contribution in [-0.2, 0) is 11.3 Å². The second kappa shape index (κ2) is 7.06. The fraction of sp³-hybridized carbons (Fsp3) is 0.118. The smallest absolute Gasteiger partial charge is 0.244 e. The number of carbonyl (C=O) groups is 1. The summed E-state index contributed by atoms with van der Waals surface area (Å²) in [6, 6.07) is 15.8. The van der Waals surface area contributed by atoms with Gasteiger partial charge in [0.05, 0.1) is 0 Å². The minimum absolute atomic E-state index is 0.0935. The number of hydrogen-bond donors (Lipinski definition) is 1. The van der Waals surface area contributed by atoms with Gasteiger partial charge in [-0.15, -0.1) is 0 Å². The Morgan fingerprint density at radius 2 is 1.85 bits per heavy atom. The van der Waals surface area contributed by atoms with Crippen molar-refractivity contribution in [3.05, 3.63) is 75.8 Å². The zero-order chi connectivity index (χ0) is 14.4. The Balaban J connectivity index is 1.93. The summed E-state index contributed by atoms with van der Waals surface area (Å²) in [4.78, 5) is 11.8. The predicted octanol–water partition coefficient (Wildman–Crippen LogP) is 4.09. The average molecular weight is 330 g/mol. The summed E-state index contributed by atoms with van der Waals surface area (Å²) in [5.41, 5.74) is 3.30. The molecule has 0 bridgehead atoms. The Labute approximate surface area is 127 Å². The molecule has 0 saturated carbocycles. The quantitative estimate of drug-likeness (QED) is 0.841. The summed E-state index contributed by atoms with van der Waals surface area (Å²) >= 11 is 3.45. The fourth-order valence-corrected chi connectivity index (χ4v) is 2.24. The fourth-order valence-electron chi connectivity index (χ4n) is 1.83. The van der Waals surface area contributed by atoms with Gasteiger partial charge in [-0.25, -0.2) is 0 Å². The monoisotopic (exact) mass is 329 g/mol. The summed E-state index contributed by atoms with van der Waals surface area (Å²) < 4.78 is 0.975. The van der Waals surface area contributed by atoms with Crippen LogP contribution in [0.5, 0.6) is 0 Å². The van der Waals surface area contributed by atoms with Crippen molar-refractivity contribution < 1.29 is 4.79 Å². The molecule has 2 rings (SSSR count). The maximum absolute atomic E-state index is 11.8. The Morgan fingerprint density at radius 1 is 1.15 bits per heavy atom. The number of hydrogen-bond acceptors (Lipinski definition) is 1. The van der Waals surface area contributed by atoms with Crippen LogP contribution >= 0.6 is 15.9 Å². The van der Waals surface area contributed by atoms with Crippen molar-refractivity contribution >= 4 is 27.9 Å². The van der Waals surface area contributed by atoms with Gasteiger partial charge < -0.3 is 5.32 Å². The zero-order valence-corrected chi connectivity index (χ0v) is 12.9. The van der Waals surface area contributed by atoms with Crippen LogP contribution in [0.3, 0.4) is 0 Å². The molecule has 0 aliphatic carbocycles. The number of amides is 1. The number of carbonyl (C=O) groups excluding carboxylic acids is 1. The van der Waals surface area contributed by atoms with Crippen LogP contribution in [0.4, 0.5) is 0 Å². The molecule has 0 aliphatic heterocycles. The lowest BCUT2D eigenvalue weighted by molar-refractivity contribution is -0.116. The summed E-state index contributed by atoms with van der Waals surface area (Å²) in [5, 5.41) is 2.89. The molecular weight excluding hydrogens is 314 g/mol. The highest BCUT2D eigenvalue weighted by molar-refractivity contribution is 9.10. The van der Waals surface area contributed by atoms with Crippen molar-refractivity contribution in [2.75, 3.05) is 0 Å². The SMILES string of the molecule is Cc1ccccc1CNC(=O)/C=C/c1ccccc1Br. The van der Waals surface area contributed by atoms with E-state index < -0.39 is 0 Å². The van der Waals surface area contributed by atoms with Crippen LogP contribution in [0.25, 0.3) is 6.08 Å². The zero-order valence-electron chi connectivity index (χ0n) is 11.3. The van der Waals surface area contributed by atoms with E-state index in [0.29, 0.717) is 6.54 Å². The molecule has 20 heavy (non-hydrogen) atoms. The number of halogens is 1. The molecule has 2 aromatic rings. The van der Waals surface area contributed by atoms with E-state index in [1.165, 1.54) is 5.56 Å². The molecule has 0 spiro atoms. The van der Waals surface area contributed by atoms with Gasteiger partial charge in [0, 0.05) is 17.1 Å². The number of rotatable bonds is 4. The lowest BCUT2D eigenvalue weighted by atomic mass is 10.1. The number of aryl methyl sites for hydroxylation is 1. The third-order valence-electron chi connectivity index (χ3n) is 3.03. The molecule has 3 heteroatoms. The number of nitrogens with one attached hydrogen (secondary N) is 1. The van der Waals surface area contributed by atoms with E-state index in [2.05, 4.69) is 21.2 Å². The first-order valence-electron chi connectivity index (χ1n) is 6.42. The first kappa shape index (κ1) is 14.5. The molecule has 1 N–H and O–H groups in total. The van der Waals surface area contributed by atoms with E-state index in [1.54, 1.807) is 12.2 Å². The van der Waals surface area contributed by atoms with Crippen molar-refractivity contribution in [1.82, 2.24) is 5.32 Å². The highest BCUT2D eigenvalue weighted by Crippen LogP contribution is 2.16. The molecule has 0 radical (unpaired) electrons. The Kier molecular flexibility index (Phi) is 5.13. The van der Waals surface area contributed by atoms with Crippen molar-refractivity contribution in [1.29, 1.82) is 0 Å². The highest BCUT2D eigenvalue weighted by atomic mass is 79.9. The molecule has 1 amide bonds. The van der Waals surface area contributed by atoms with Crippen LogP contribution < -0.4 is 5.32 Å². The second-order valence-corrected chi connectivity index (χ2v) is 5.35. The van der Waals surface area contributed by atoms with Crippen LogP contribution in [0.2, 0.25) is 0 Å². The molecule has 0 aromatic heterocycles. The van der Waals surface area contributed by atoms with Crippen LogP contribution in [-0.4, -0.2) is 5.91 Å². The first-order chi connectivity index (χ1) is 9.66. The molecule has 0 saturated heterocycles. The number of benzene rings is 2. The van der Waals surface area contributed by atoms with Gasteiger partial charge in [-0.1, -0.05) is 58.4 Å². The Bertz CT molecular complexity index is 634. The van der Waals surface area contributed by atoms with Gasteiger partial charge in [0.2, 0.25) is 5.91 Å². The van der Waals surface area contributed by atoms with Gasteiger partial charge in [0.1, 0.15) is 0 Å². The highest BCUT2D eigenvalue weighted by Gasteiger charge is 2.00. The van der Waals surface area contributed by atoms with Crippen LogP contribution in [0, 0.1) is 6.92 Å². The molecule has 0 unspecified atom stereocenters. The summed E-state index contributed by atoms with van der Waals surface area (Å²) in [6.45, 7) is 2.59. The Morgan fingerprint density at radius 3 is 2.60 bits per heavy atom. The molecule has 0 aliphatic rings. The van der Waals surface area contributed by atoms with Crippen molar-refractivity contribution in [2.45, 2.75) is 13.5 Å². The predicted molar refractivity (Wildman–Crippen MR) is 86.2 cm³/mol. The molecule has 0 atom stereocenters. The molecule has 102 valence electrons. The van der Waals surface area contributed by atoms with E-state index in [9.17, 15) is 4.79 Å². The largest absolute Gasteiger partial charge is 0.348 e. The molecule has 2 nitrogen and oxygen atoms in total. The third-order valence-corrected chi connectivity index (χ3v) is 3.76. The normalized spacial score (nSPS) is 10.7. The van der Waals surface area contributed by atoms with Crippen molar-refractivity contribution in [3.8, 4) is 0 Å². The molecular formula is C17H16BrNO. The van der Waals surface area contributed by atoms with Crippen LogP contribution in [0.1, 0.15) is 16.7 Å². The summed E-state index contributed by atoms with van der Waals surface area (Å²) in [6.07, 6.45) is 3.36. The third kappa shape index (κ3) is 4.07. The summed E-state index contributed by atoms with van der Waals surface area (Å²) in [5.74, 6) is -0.0935. The summed E-state index contributed by atoms with van der Waals surface area (Å²) in [7, 11) is 0. The van der Waals surface area contributed by atoms with Gasteiger partial charge in [0.15, 0.2) is 0 Å². The lowest BCUT2D eigenvalue weighted by Crippen LogP contribution is -2.20. The standard InChI is InChI=1S/C17H16BrNO/c1-13-6-2-3-8-15(13)12-19-17(20)11-10-14-7-4-5-9-16(14)18/h2-11H,12H2,1H3,(H,19,20)/b11-10+. The lowest BCUT2D eigenvalue weighted by Gasteiger charge is -2.05. The maximum atomic E-state index is 11.8. The second-order valence-electron chi connectivity index (χ2n) is 4.50. The maximum Gasteiger partial charge on any atom is 0.244 e. The van der Waals surface area contributed by atoms with Gasteiger partial charge in [-0.05, 0) is 35.8 Å². The minimum atomic E-state index is -0.0935. The van der Waals surface area contributed by atoms with E-state index in [4.69, 9.17) is 0 Å². The van der Waals surface area contributed by atoms with E-state index in [0.717, 1.165) is 15.6 Å². The van der Waals surface area contributed by atoms with Crippen LogP contribution in [0.15, 0.2) is 59.1 Å². The van der Waals surface area contributed by atoms with Gasteiger partial charge >= 0.3 is 0 Å². The minimum Gasteiger partial charge on any atom is -0.348 e. The van der Waals surface area contributed by atoms with E-state index >= 15 is 0 Å². The van der Waals surface area contributed by atoms with Gasteiger partial charge in [-0.2, -0.15) is 0 Å². The average Bonchev–Trinajstić information content (AvgIpc) is 2.45. The molecule has 2 aromatic carbocycles. The first-order valence-corrected chi connectivity index (χ1v) is 7.21. The van der Waals surface area contributed by atoms with E-state index in [-0.39, 0.29) is 5.91 Å².